The highest BCUT2D eigenvalue weighted by atomic mass is 16.1. The van der Waals surface area contributed by atoms with E-state index in [0.717, 1.165) is 12.0 Å². The fourth-order valence-electron chi connectivity index (χ4n) is 1.06. The van der Waals surface area contributed by atoms with Gasteiger partial charge in [0.2, 0.25) is 5.78 Å². The minimum absolute atomic E-state index is 0.525. The van der Waals surface area contributed by atoms with Gasteiger partial charge in [0.15, 0.2) is 6.29 Å². The van der Waals surface area contributed by atoms with Crippen LogP contribution in [0, 0.1) is 6.92 Å². The van der Waals surface area contributed by atoms with Gasteiger partial charge >= 0.3 is 0 Å². The lowest BCUT2D eigenvalue weighted by atomic mass is 10.4. The second-order valence-electron chi connectivity index (χ2n) is 2.54. The maximum absolute atomic E-state index is 10.5. The van der Waals surface area contributed by atoms with Crippen LogP contribution in [0.5, 0.6) is 0 Å². The summed E-state index contributed by atoms with van der Waals surface area (Å²) in [4.78, 5) is 18.6. The molecule has 0 fully saturated rings. The Morgan fingerprint density at radius 3 is 3.17 bits per heavy atom. The van der Waals surface area contributed by atoms with Crippen molar-refractivity contribution in [3.63, 3.8) is 0 Å². The first kappa shape index (κ1) is 6.97. The molecule has 2 rings (SSSR count). The fourth-order valence-corrected chi connectivity index (χ4v) is 1.06. The van der Waals surface area contributed by atoms with Crippen molar-refractivity contribution in [1.29, 1.82) is 0 Å². The summed E-state index contributed by atoms with van der Waals surface area (Å²) < 4.78 is 1.65. The first-order chi connectivity index (χ1) is 5.81. The summed E-state index contributed by atoms with van der Waals surface area (Å²) in [5.41, 5.74) is 1.42. The molecular formula is C8H7N3O. The van der Waals surface area contributed by atoms with Crippen LogP contribution in [0.25, 0.3) is 5.78 Å². The molecule has 0 spiro atoms. The SMILES string of the molecule is Cc1ccn2c(C=O)cnc2n1. The summed E-state index contributed by atoms with van der Waals surface area (Å²) in [7, 11) is 0. The van der Waals surface area contributed by atoms with Crippen molar-refractivity contribution < 1.29 is 4.79 Å². The van der Waals surface area contributed by atoms with E-state index in [-0.39, 0.29) is 0 Å². The number of aldehydes is 1. The van der Waals surface area contributed by atoms with E-state index in [9.17, 15) is 4.79 Å². The number of aromatic nitrogens is 3. The maximum Gasteiger partial charge on any atom is 0.234 e. The molecule has 4 nitrogen and oxygen atoms in total. The average molecular weight is 161 g/mol. The van der Waals surface area contributed by atoms with Gasteiger partial charge in [-0.1, -0.05) is 0 Å². The summed E-state index contributed by atoms with van der Waals surface area (Å²) >= 11 is 0. The minimum atomic E-state index is 0.525. The van der Waals surface area contributed by atoms with Crippen LogP contribution in [0.3, 0.4) is 0 Å². The quantitative estimate of drug-likeness (QED) is 0.582. The van der Waals surface area contributed by atoms with E-state index >= 15 is 0 Å². The number of imidazole rings is 1. The van der Waals surface area contributed by atoms with Gasteiger partial charge in [-0.3, -0.25) is 9.20 Å². The fraction of sp³-hybridized carbons (Fsp3) is 0.125. The standard InChI is InChI=1S/C8H7N3O/c1-6-2-3-11-7(5-12)4-9-8(11)10-6/h2-5H,1H3. The van der Waals surface area contributed by atoms with Crippen LogP contribution >= 0.6 is 0 Å². The van der Waals surface area contributed by atoms with Crippen molar-refractivity contribution in [3.8, 4) is 0 Å². The topological polar surface area (TPSA) is 47.3 Å². The van der Waals surface area contributed by atoms with Gasteiger partial charge in [-0.05, 0) is 13.0 Å². The predicted octanol–water partition coefficient (Wildman–Crippen LogP) is 0.850. The Labute approximate surface area is 68.9 Å². The van der Waals surface area contributed by atoms with Gasteiger partial charge in [0.05, 0.1) is 6.20 Å². The first-order valence-electron chi connectivity index (χ1n) is 3.57. The van der Waals surface area contributed by atoms with Crippen molar-refractivity contribution in [3.05, 3.63) is 29.8 Å². The van der Waals surface area contributed by atoms with Crippen molar-refractivity contribution in [2.75, 3.05) is 0 Å². The number of carbonyl (C=O) groups is 1. The minimum Gasteiger partial charge on any atom is -0.296 e. The van der Waals surface area contributed by atoms with Gasteiger partial charge in [0.1, 0.15) is 5.69 Å². The zero-order valence-corrected chi connectivity index (χ0v) is 6.56. The number of aryl methyl sites for hydroxylation is 1. The molecule has 12 heavy (non-hydrogen) atoms. The Hall–Kier alpha value is -1.71. The van der Waals surface area contributed by atoms with Crippen LogP contribution < -0.4 is 0 Å². The van der Waals surface area contributed by atoms with Crippen LogP contribution in [0.4, 0.5) is 0 Å². The zero-order valence-electron chi connectivity index (χ0n) is 6.56. The van der Waals surface area contributed by atoms with Crippen molar-refractivity contribution in [1.82, 2.24) is 14.4 Å². The molecule has 0 radical (unpaired) electrons. The van der Waals surface area contributed by atoms with E-state index in [1.807, 2.05) is 13.0 Å². The molecule has 0 aliphatic rings. The predicted molar refractivity (Wildman–Crippen MR) is 43.1 cm³/mol. The van der Waals surface area contributed by atoms with Gasteiger partial charge < -0.3 is 0 Å². The number of hydrogen-bond donors (Lipinski definition) is 0. The molecule has 2 aromatic rings. The lowest BCUT2D eigenvalue weighted by Gasteiger charge is -1.94. The molecule has 60 valence electrons. The molecule has 0 unspecified atom stereocenters. The molecule has 0 amide bonds. The van der Waals surface area contributed by atoms with Crippen LogP contribution in [0.1, 0.15) is 16.2 Å². The smallest absolute Gasteiger partial charge is 0.234 e. The highest BCUT2D eigenvalue weighted by Crippen LogP contribution is 2.02. The lowest BCUT2D eigenvalue weighted by Crippen LogP contribution is -1.93. The third-order valence-electron chi connectivity index (χ3n) is 1.67. The average Bonchev–Trinajstić information content (AvgIpc) is 2.46. The second-order valence-corrected chi connectivity index (χ2v) is 2.54. The van der Waals surface area contributed by atoms with Crippen LogP contribution in [-0.4, -0.2) is 20.7 Å². The molecule has 0 saturated carbocycles. The van der Waals surface area contributed by atoms with E-state index in [0.29, 0.717) is 11.5 Å². The molecule has 0 aliphatic carbocycles. The van der Waals surface area contributed by atoms with E-state index in [1.54, 1.807) is 10.6 Å². The van der Waals surface area contributed by atoms with E-state index < -0.39 is 0 Å². The third-order valence-corrected chi connectivity index (χ3v) is 1.67. The molecule has 0 aliphatic heterocycles. The summed E-state index contributed by atoms with van der Waals surface area (Å²) in [6, 6.07) is 1.84. The van der Waals surface area contributed by atoms with Gasteiger partial charge in [-0.15, -0.1) is 0 Å². The molecule has 0 N–H and O–H groups in total. The largest absolute Gasteiger partial charge is 0.296 e. The lowest BCUT2D eigenvalue weighted by molar-refractivity contribution is 0.111. The normalized spacial score (nSPS) is 10.4. The molecule has 2 aromatic heterocycles. The van der Waals surface area contributed by atoms with Gasteiger partial charge in [0.25, 0.3) is 0 Å². The molecule has 2 heterocycles. The monoisotopic (exact) mass is 161 g/mol. The summed E-state index contributed by atoms with van der Waals surface area (Å²) in [5, 5.41) is 0. The molecule has 0 aromatic carbocycles. The third kappa shape index (κ3) is 0.887. The number of carbonyl (C=O) groups excluding carboxylic acids is 1. The summed E-state index contributed by atoms with van der Waals surface area (Å²) in [6.45, 7) is 1.88. The Bertz CT molecular complexity index is 433. The summed E-state index contributed by atoms with van der Waals surface area (Å²) in [5.74, 6) is 0.567. The van der Waals surface area contributed by atoms with E-state index in [1.165, 1.54) is 6.20 Å². The van der Waals surface area contributed by atoms with Gasteiger partial charge in [-0.25, -0.2) is 9.97 Å². The van der Waals surface area contributed by atoms with Crippen molar-refractivity contribution in [2.24, 2.45) is 0 Å². The molecule has 0 saturated heterocycles. The van der Waals surface area contributed by atoms with E-state index in [4.69, 9.17) is 0 Å². The Morgan fingerprint density at radius 2 is 2.42 bits per heavy atom. The summed E-state index contributed by atoms with van der Waals surface area (Å²) in [6.07, 6.45) is 4.06. The van der Waals surface area contributed by atoms with Crippen LogP contribution in [0.2, 0.25) is 0 Å². The zero-order chi connectivity index (χ0) is 8.55. The highest BCUT2D eigenvalue weighted by Gasteiger charge is 2.01. The second kappa shape index (κ2) is 2.41. The van der Waals surface area contributed by atoms with Gasteiger partial charge in [-0.2, -0.15) is 0 Å². The maximum atomic E-state index is 10.5. The Morgan fingerprint density at radius 1 is 1.58 bits per heavy atom. The van der Waals surface area contributed by atoms with Crippen molar-refractivity contribution >= 4 is 12.1 Å². The molecular weight excluding hydrogens is 154 g/mol. The Kier molecular flexibility index (Phi) is 1.40. The Balaban J connectivity index is 2.81. The first-order valence-corrected chi connectivity index (χ1v) is 3.57. The highest BCUT2D eigenvalue weighted by molar-refractivity contribution is 5.73. The number of nitrogens with zero attached hydrogens (tertiary/aromatic N) is 3. The number of rotatable bonds is 1. The number of hydrogen-bond acceptors (Lipinski definition) is 3. The van der Waals surface area contributed by atoms with E-state index in [2.05, 4.69) is 9.97 Å². The molecule has 4 heteroatoms. The van der Waals surface area contributed by atoms with Crippen LogP contribution in [-0.2, 0) is 0 Å². The molecule has 0 atom stereocenters. The van der Waals surface area contributed by atoms with Crippen molar-refractivity contribution in [2.45, 2.75) is 6.92 Å². The molecule has 0 bridgehead atoms. The number of fused-ring (bicyclic) bond motifs is 1. The van der Waals surface area contributed by atoms with Gasteiger partial charge in [0, 0.05) is 11.9 Å². The van der Waals surface area contributed by atoms with Crippen LogP contribution in [0.15, 0.2) is 18.5 Å².